The molecule has 3 aromatic rings. The molecule has 2 aromatic heterocycles. The van der Waals surface area contributed by atoms with Crippen LogP contribution in [0.1, 0.15) is 28.9 Å². The average Bonchev–Trinajstić information content (AvgIpc) is 3.33. The van der Waals surface area contributed by atoms with Gasteiger partial charge in [0.1, 0.15) is 11.6 Å². The van der Waals surface area contributed by atoms with Gasteiger partial charge in [-0.2, -0.15) is 0 Å². The molecule has 1 saturated heterocycles. The van der Waals surface area contributed by atoms with Crippen LogP contribution in [0.3, 0.4) is 0 Å². The maximum Gasteiger partial charge on any atom is 0.286 e. The van der Waals surface area contributed by atoms with Crippen LogP contribution in [-0.2, 0) is 17.1 Å². The Kier molecular flexibility index (Phi) is 8.31. The summed E-state index contributed by atoms with van der Waals surface area (Å²) >= 11 is 7.86. The van der Waals surface area contributed by atoms with Crippen molar-refractivity contribution >= 4 is 40.8 Å². The number of carbonyl (C=O) groups excluding carboxylic acids is 1. The van der Waals surface area contributed by atoms with Crippen molar-refractivity contribution in [1.29, 1.82) is 0 Å². The van der Waals surface area contributed by atoms with Crippen molar-refractivity contribution in [3.05, 3.63) is 64.7 Å². The molecule has 0 unspecified atom stereocenters. The molecule has 180 valence electrons. The second kappa shape index (κ2) is 11.6. The molecule has 0 radical (unpaired) electrons. The summed E-state index contributed by atoms with van der Waals surface area (Å²) in [6.45, 7) is 6.19. The first-order chi connectivity index (χ1) is 16.6. The average molecular weight is 502 g/mol. The van der Waals surface area contributed by atoms with Gasteiger partial charge in [0, 0.05) is 45.9 Å². The molecule has 1 N–H and O–H groups in total. The first kappa shape index (κ1) is 24.4. The fourth-order valence-corrected chi connectivity index (χ4v) is 4.77. The van der Waals surface area contributed by atoms with Crippen molar-refractivity contribution in [3.63, 3.8) is 0 Å². The monoisotopic (exact) mass is 501 g/mol. The van der Waals surface area contributed by atoms with Crippen molar-refractivity contribution in [1.82, 2.24) is 15.3 Å². The zero-order valence-corrected chi connectivity index (χ0v) is 20.9. The zero-order valence-electron chi connectivity index (χ0n) is 19.3. The number of nitrogens with one attached hydrogen (secondary N) is 1. The van der Waals surface area contributed by atoms with E-state index in [4.69, 9.17) is 25.7 Å². The number of hydrogen-bond acceptors (Lipinski definition) is 8. The van der Waals surface area contributed by atoms with Gasteiger partial charge in [-0.3, -0.25) is 4.79 Å². The van der Waals surface area contributed by atoms with Gasteiger partial charge < -0.3 is 24.3 Å². The van der Waals surface area contributed by atoms with Gasteiger partial charge in [0.2, 0.25) is 0 Å². The smallest absolute Gasteiger partial charge is 0.286 e. The summed E-state index contributed by atoms with van der Waals surface area (Å²) in [7, 11) is 1.66. The molecule has 8 nitrogen and oxygen atoms in total. The minimum absolute atomic E-state index is 0.213. The number of anilines is 2. The fraction of sp³-hybridized carbons (Fsp3) is 0.375. The van der Waals surface area contributed by atoms with E-state index in [1.165, 1.54) is 11.8 Å². The summed E-state index contributed by atoms with van der Waals surface area (Å²) < 4.78 is 11.0. The molecule has 0 aliphatic carbocycles. The third-order valence-electron chi connectivity index (χ3n) is 5.40. The summed E-state index contributed by atoms with van der Waals surface area (Å²) in [5.74, 6) is 2.20. The van der Waals surface area contributed by atoms with E-state index in [1.807, 2.05) is 37.3 Å². The predicted octanol–water partition coefficient (Wildman–Crippen LogP) is 4.24. The number of ether oxygens (including phenoxy) is 1. The van der Waals surface area contributed by atoms with E-state index >= 15 is 0 Å². The highest BCUT2D eigenvalue weighted by Gasteiger charge is 2.21. The van der Waals surface area contributed by atoms with Crippen LogP contribution in [0.25, 0.3) is 0 Å². The number of aromatic nitrogens is 2. The molecular weight excluding hydrogens is 474 g/mol. The summed E-state index contributed by atoms with van der Waals surface area (Å²) in [5, 5.41) is 4.15. The number of carbonyl (C=O) groups is 1. The molecule has 10 heteroatoms. The number of benzene rings is 1. The Hall–Kier alpha value is -2.75. The SMILES string of the molecule is CCNC(=O)c1ccc(CSc2nc(COC)cc(N3CCN(c4ccccc4Cl)CC3)n2)o1. The lowest BCUT2D eigenvalue weighted by Crippen LogP contribution is -2.47. The minimum atomic E-state index is -0.213. The fourth-order valence-electron chi connectivity index (χ4n) is 3.75. The number of furan rings is 1. The van der Waals surface area contributed by atoms with E-state index in [2.05, 4.69) is 26.2 Å². The normalized spacial score (nSPS) is 13.9. The summed E-state index contributed by atoms with van der Waals surface area (Å²) in [6, 6.07) is 13.4. The Bertz CT molecular complexity index is 1120. The quantitative estimate of drug-likeness (QED) is 0.344. The number of rotatable bonds is 9. The van der Waals surface area contributed by atoms with E-state index < -0.39 is 0 Å². The first-order valence-corrected chi connectivity index (χ1v) is 12.5. The number of para-hydroxylation sites is 1. The van der Waals surface area contributed by atoms with Crippen LogP contribution in [-0.4, -0.2) is 55.7 Å². The Morgan fingerprint density at radius 1 is 1.15 bits per heavy atom. The number of halogens is 1. The van der Waals surface area contributed by atoms with E-state index in [9.17, 15) is 4.79 Å². The first-order valence-electron chi connectivity index (χ1n) is 11.2. The highest BCUT2D eigenvalue weighted by atomic mass is 35.5. The van der Waals surface area contributed by atoms with Gasteiger partial charge in [-0.1, -0.05) is 35.5 Å². The minimum Gasteiger partial charge on any atom is -0.455 e. The molecule has 1 fully saturated rings. The van der Waals surface area contributed by atoms with Crippen molar-refractivity contribution < 1.29 is 13.9 Å². The molecule has 1 aromatic carbocycles. The molecule has 3 heterocycles. The number of thioether (sulfide) groups is 1. The summed E-state index contributed by atoms with van der Waals surface area (Å²) in [6.07, 6.45) is 0. The number of piperazine rings is 1. The van der Waals surface area contributed by atoms with Gasteiger partial charge in [-0.15, -0.1) is 0 Å². The van der Waals surface area contributed by atoms with Crippen LogP contribution < -0.4 is 15.1 Å². The summed E-state index contributed by atoms with van der Waals surface area (Å²) in [4.78, 5) is 25.9. The maximum absolute atomic E-state index is 11.9. The second-order valence-electron chi connectivity index (χ2n) is 7.77. The Morgan fingerprint density at radius 2 is 1.91 bits per heavy atom. The van der Waals surface area contributed by atoms with Crippen molar-refractivity contribution in [3.8, 4) is 0 Å². The van der Waals surface area contributed by atoms with Gasteiger partial charge in [0.05, 0.1) is 28.8 Å². The van der Waals surface area contributed by atoms with Gasteiger partial charge in [-0.05, 0) is 31.2 Å². The number of nitrogens with zero attached hydrogens (tertiary/aromatic N) is 4. The topological polar surface area (TPSA) is 83.7 Å². The Morgan fingerprint density at radius 3 is 2.65 bits per heavy atom. The van der Waals surface area contributed by atoms with Crippen LogP contribution in [0, 0.1) is 0 Å². The van der Waals surface area contributed by atoms with Gasteiger partial charge in [0.25, 0.3) is 5.91 Å². The highest BCUT2D eigenvalue weighted by molar-refractivity contribution is 7.98. The van der Waals surface area contributed by atoms with Crippen LogP contribution >= 0.6 is 23.4 Å². The molecular formula is C24H28ClN5O3S. The van der Waals surface area contributed by atoms with E-state index in [0.29, 0.717) is 35.6 Å². The molecule has 0 spiro atoms. The van der Waals surface area contributed by atoms with E-state index in [-0.39, 0.29) is 5.91 Å². The van der Waals surface area contributed by atoms with Crippen molar-refractivity contribution in [2.45, 2.75) is 24.4 Å². The standard InChI is InChI=1S/C24H28ClN5O3S/c1-3-26-23(31)21-9-8-18(33-21)16-34-24-27-17(15-32-2)14-22(28-24)30-12-10-29(11-13-30)20-7-5-4-6-19(20)25/h4-9,14H,3,10-13,15-16H2,1-2H3,(H,26,31). The molecule has 0 atom stereocenters. The van der Waals surface area contributed by atoms with Gasteiger partial charge in [0.15, 0.2) is 10.9 Å². The molecule has 34 heavy (non-hydrogen) atoms. The Labute approximate surface area is 208 Å². The summed E-state index contributed by atoms with van der Waals surface area (Å²) in [5.41, 5.74) is 1.89. The molecule has 1 amide bonds. The third kappa shape index (κ3) is 6.02. The molecule has 4 rings (SSSR count). The highest BCUT2D eigenvalue weighted by Crippen LogP contribution is 2.28. The lowest BCUT2D eigenvalue weighted by atomic mass is 10.2. The van der Waals surface area contributed by atoms with Crippen LogP contribution in [0.5, 0.6) is 0 Å². The molecule has 1 aliphatic heterocycles. The number of hydrogen-bond donors (Lipinski definition) is 1. The van der Waals surface area contributed by atoms with E-state index in [1.54, 1.807) is 13.2 Å². The van der Waals surface area contributed by atoms with Crippen LogP contribution in [0.2, 0.25) is 5.02 Å². The van der Waals surface area contributed by atoms with Gasteiger partial charge >= 0.3 is 0 Å². The maximum atomic E-state index is 11.9. The largest absolute Gasteiger partial charge is 0.455 e. The van der Waals surface area contributed by atoms with E-state index in [0.717, 1.165) is 48.4 Å². The number of methoxy groups -OCH3 is 1. The zero-order chi connectivity index (χ0) is 23.9. The predicted molar refractivity (Wildman–Crippen MR) is 135 cm³/mol. The van der Waals surface area contributed by atoms with Crippen LogP contribution in [0.15, 0.2) is 52.0 Å². The van der Waals surface area contributed by atoms with Crippen molar-refractivity contribution in [2.24, 2.45) is 0 Å². The second-order valence-corrected chi connectivity index (χ2v) is 9.12. The Balaban J connectivity index is 1.43. The lowest BCUT2D eigenvalue weighted by Gasteiger charge is -2.37. The van der Waals surface area contributed by atoms with Crippen molar-refractivity contribution in [2.75, 3.05) is 49.6 Å². The number of amides is 1. The van der Waals surface area contributed by atoms with Gasteiger partial charge in [-0.25, -0.2) is 9.97 Å². The van der Waals surface area contributed by atoms with Crippen LogP contribution in [0.4, 0.5) is 11.5 Å². The third-order valence-corrected chi connectivity index (χ3v) is 6.59. The molecule has 0 bridgehead atoms. The molecule has 0 saturated carbocycles. The molecule has 1 aliphatic rings. The lowest BCUT2D eigenvalue weighted by molar-refractivity contribution is 0.0927.